The van der Waals surface area contributed by atoms with Crippen molar-refractivity contribution in [2.45, 2.75) is 32.0 Å². The van der Waals surface area contributed by atoms with Crippen molar-refractivity contribution in [3.05, 3.63) is 51.2 Å². The van der Waals surface area contributed by atoms with Crippen molar-refractivity contribution in [1.82, 2.24) is 14.7 Å². The molecule has 1 aromatic heterocycles. The van der Waals surface area contributed by atoms with E-state index in [9.17, 15) is 19.2 Å². The van der Waals surface area contributed by atoms with Crippen molar-refractivity contribution < 1.29 is 14.0 Å². The summed E-state index contributed by atoms with van der Waals surface area (Å²) >= 11 is 1.09. The number of thiophene rings is 1. The van der Waals surface area contributed by atoms with Gasteiger partial charge < -0.3 is 14.7 Å². The lowest BCUT2D eigenvalue weighted by atomic mass is 10.1. The lowest BCUT2D eigenvalue weighted by Gasteiger charge is -2.33. The number of benzene rings is 1. The zero-order chi connectivity index (χ0) is 23.4. The third-order valence-electron chi connectivity index (χ3n) is 5.88. The third kappa shape index (κ3) is 5.22. The number of piperidine rings is 1. The molecule has 0 unspecified atom stereocenters. The van der Waals surface area contributed by atoms with Gasteiger partial charge in [-0.05, 0) is 37.0 Å². The molecule has 4 rings (SSSR count). The lowest BCUT2D eigenvalue weighted by Crippen LogP contribution is -2.51. The van der Waals surface area contributed by atoms with Crippen LogP contribution in [0.1, 0.15) is 49.7 Å². The number of hydrogen-bond donors (Lipinski definition) is 0. The zero-order valence-corrected chi connectivity index (χ0v) is 19.4. The number of nitriles is 1. The molecule has 0 saturated carbocycles. The number of carbonyl (C=O) groups excluding carboxylic acids is 2. The van der Waals surface area contributed by atoms with E-state index < -0.39 is 6.17 Å². The summed E-state index contributed by atoms with van der Waals surface area (Å²) in [5.41, 5.74) is 1.70. The monoisotopic (exact) mass is 467 g/mol. The van der Waals surface area contributed by atoms with E-state index in [4.69, 9.17) is 0 Å². The molecule has 2 aliphatic rings. The fourth-order valence-corrected chi connectivity index (χ4v) is 4.99. The van der Waals surface area contributed by atoms with Crippen molar-refractivity contribution in [3.63, 3.8) is 0 Å². The van der Waals surface area contributed by atoms with Gasteiger partial charge in [0, 0.05) is 26.7 Å². The van der Waals surface area contributed by atoms with E-state index in [1.165, 1.54) is 16.2 Å². The maximum atomic E-state index is 13.3. The number of rotatable bonds is 6. The molecule has 2 fully saturated rings. The van der Waals surface area contributed by atoms with Gasteiger partial charge in [-0.2, -0.15) is 5.26 Å². The summed E-state index contributed by atoms with van der Waals surface area (Å²) in [6.45, 7) is 2.25. The predicted molar refractivity (Wildman–Crippen MR) is 126 cm³/mol. The zero-order valence-electron chi connectivity index (χ0n) is 18.5. The minimum absolute atomic E-state index is 0.0806. The highest BCUT2D eigenvalue weighted by molar-refractivity contribution is 7.16. The molecule has 0 spiro atoms. The van der Waals surface area contributed by atoms with E-state index in [0.29, 0.717) is 21.0 Å². The van der Waals surface area contributed by atoms with Crippen LogP contribution in [0.25, 0.3) is 0 Å². The molecule has 0 atom stereocenters. The summed E-state index contributed by atoms with van der Waals surface area (Å²) in [6.07, 6.45) is 4.17. The molecule has 3 heterocycles. The number of alkyl halides is 1. The van der Waals surface area contributed by atoms with E-state index in [1.807, 2.05) is 12.1 Å². The normalized spacial score (nSPS) is 16.5. The Hall–Kier alpha value is -3.25. The van der Waals surface area contributed by atoms with Crippen LogP contribution in [-0.4, -0.2) is 72.3 Å². The maximum absolute atomic E-state index is 13.3. The molecule has 7 nitrogen and oxygen atoms in total. The lowest BCUT2D eigenvalue weighted by molar-refractivity contribution is 0.0405. The van der Waals surface area contributed by atoms with Gasteiger partial charge in [0.2, 0.25) is 0 Å². The third-order valence-corrected chi connectivity index (χ3v) is 6.98. The first-order valence-electron chi connectivity index (χ1n) is 11.0. The van der Waals surface area contributed by atoms with Gasteiger partial charge in [0.05, 0.1) is 41.6 Å². The summed E-state index contributed by atoms with van der Waals surface area (Å²) in [6, 6.07) is 10.9. The van der Waals surface area contributed by atoms with Gasteiger partial charge in [-0.25, -0.2) is 9.38 Å². The van der Waals surface area contributed by atoms with Crippen molar-refractivity contribution in [3.8, 4) is 6.07 Å². The molecule has 2 aromatic rings. The van der Waals surface area contributed by atoms with Crippen LogP contribution in [0.4, 0.5) is 10.1 Å². The van der Waals surface area contributed by atoms with Gasteiger partial charge >= 0.3 is 0 Å². The number of likely N-dealkylation sites (tertiary alicyclic amines) is 2. The molecule has 33 heavy (non-hydrogen) atoms. The smallest absolute Gasteiger partial charge is 0.266 e. The first-order chi connectivity index (χ1) is 16.0. The second-order valence-electron chi connectivity index (χ2n) is 8.40. The molecule has 0 aliphatic carbocycles. The standard InChI is InChI=1S/C24H26FN5O2S/c1-28(13-18-8-4-3-7-17(18)12-26)24(32)22-20(27-16-29-9-5-2-6-10-29)11-21(33-22)23(31)30-14-19(25)15-30/h3-4,7-8,11,16,19H,2,5-6,9-10,13-15H2,1H3/b27-16+. The second-order valence-corrected chi connectivity index (χ2v) is 9.46. The van der Waals surface area contributed by atoms with Crippen LogP contribution in [0.15, 0.2) is 35.3 Å². The maximum Gasteiger partial charge on any atom is 0.266 e. The number of carbonyl (C=O) groups is 2. The Kier molecular flexibility index (Phi) is 7.04. The fourth-order valence-electron chi connectivity index (χ4n) is 3.93. The summed E-state index contributed by atoms with van der Waals surface area (Å²) < 4.78 is 13.3. The molecule has 0 N–H and O–H groups in total. The molecule has 0 radical (unpaired) electrons. The molecule has 0 bridgehead atoms. The van der Waals surface area contributed by atoms with Gasteiger partial charge in [0.15, 0.2) is 0 Å². The summed E-state index contributed by atoms with van der Waals surface area (Å²) in [5, 5.41) is 9.34. The topological polar surface area (TPSA) is 80.0 Å². The first kappa shape index (κ1) is 22.9. The Morgan fingerprint density at radius 3 is 2.70 bits per heavy atom. The Bertz CT molecular complexity index is 1100. The highest BCUT2D eigenvalue weighted by Crippen LogP contribution is 2.33. The van der Waals surface area contributed by atoms with Crippen LogP contribution in [-0.2, 0) is 6.54 Å². The molecule has 9 heteroatoms. The van der Waals surface area contributed by atoms with E-state index in [0.717, 1.165) is 42.8 Å². The van der Waals surface area contributed by atoms with E-state index in [2.05, 4.69) is 16.0 Å². The van der Waals surface area contributed by atoms with Gasteiger partial charge in [0.25, 0.3) is 11.8 Å². The van der Waals surface area contributed by atoms with Crippen LogP contribution in [0, 0.1) is 11.3 Å². The SMILES string of the molecule is CN(Cc1ccccc1C#N)C(=O)c1sc(C(=O)N2CC(F)C2)cc1/N=C/N1CCCCC1. The molecule has 1 aromatic carbocycles. The average molecular weight is 468 g/mol. The van der Waals surface area contributed by atoms with Crippen LogP contribution in [0.3, 0.4) is 0 Å². The minimum atomic E-state index is -0.988. The van der Waals surface area contributed by atoms with Crippen molar-refractivity contribution in [2.75, 3.05) is 33.2 Å². The van der Waals surface area contributed by atoms with E-state index in [-0.39, 0.29) is 31.4 Å². The second kappa shape index (κ2) is 10.1. The van der Waals surface area contributed by atoms with Crippen molar-refractivity contribution >= 4 is 35.2 Å². The van der Waals surface area contributed by atoms with E-state index in [1.54, 1.807) is 31.6 Å². The number of hydrogen-bond acceptors (Lipinski definition) is 5. The van der Waals surface area contributed by atoms with Crippen LogP contribution in [0.5, 0.6) is 0 Å². The Morgan fingerprint density at radius 2 is 2.00 bits per heavy atom. The fraction of sp³-hybridized carbons (Fsp3) is 0.417. The number of nitrogens with zero attached hydrogens (tertiary/aromatic N) is 5. The van der Waals surface area contributed by atoms with E-state index >= 15 is 0 Å². The molecular formula is C24H26FN5O2S. The highest BCUT2D eigenvalue weighted by Gasteiger charge is 2.33. The Labute approximate surface area is 196 Å². The largest absolute Gasteiger partial charge is 0.363 e. The number of amides is 2. The summed E-state index contributed by atoms with van der Waals surface area (Å²) in [4.78, 5) is 36.5. The minimum Gasteiger partial charge on any atom is -0.363 e. The Morgan fingerprint density at radius 1 is 1.27 bits per heavy atom. The highest BCUT2D eigenvalue weighted by atomic mass is 32.1. The van der Waals surface area contributed by atoms with Crippen LogP contribution in [0.2, 0.25) is 0 Å². The predicted octanol–water partition coefficient (Wildman–Crippen LogP) is 3.83. The van der Waals surface area contributed by atoms with Gasteiger partial charge in [0.1, 0.15) is 11.0 Å². The molecule has 172 valence electrons. The molecule has 2 saturated heterocycles. The molecule has 2 aliphatic heterocycles. The van der Waals surface area contributed by atoms with Gasteiger partial charge in [-0.1, -0.05) is 18.2 Å². The molecule has 2 amide bonds. The first-order valence-corrected chi connectivity index (χ1v) is 11.9. The van der Waals surface area contributed by atoms with Crippen LogP contribution < -0.4 is 0 Å². The Balaban J connectivity index is 1.58. The quantitative estimate of drug-likeness (QED) is 0.478. The van der Waals surface area contributed by atoms with Crippen molar-refractivity contribution in [2.24, 2.45) is 4.99 Å². The average Bonchev–Trinajstić information content (AvgIpc) is 3.25. The molecular weight excluding hydrogens is 441 g/mol. The number of aliphatic imine (C=N–C) groups is 1. The van der Waals surface area contributed by atoms with Crippen molar-refractivity contribution in [1.29, 1.82) is 5.26 Å². The van der Waals surface area contributed by atoms with Gasteiger partial charge in [-0.3, -0.25) is 9.59 Å². The van der Waals surface area contributed by atoms with Gasteiger partial charge in [-0.15, -0.1) is 11.3 Å². The summed E-state index contributed by atoms with van der Waals surface area (Å²) in [7, 11) is 1.67. The van der Waals surface area contributed by atoms with Crippen LogP contribution >= 0.6 is 11.3 Å². The number of halogens is 1. The summed E-state index contributed by atoms with van der Waals surface area (Å²) in [5.74, 6) is -0.551.